The summed E-state index contributed by atoms with van der Waals surface area (Å²) in [7, 11) is -3.70. The first-order valence-corrected chi connectivity index (χ1v) is 6.86. The SMILES string of the molecule is N#CCc1ccc(S(=O)(=O)Nc2ncccn2)cc1. The van der Waals surface area contributed by atoms with Crippen LogP contribution in [0.15, 0.2) is 47.6 Å². The number of hydrogen-bond donors (Lipinski definition) is 1. The van der Waals surface area contributed by atoms with Gasteiger partial charge in [-0.3, -0.25) is 0 Å². The lowest BCUT2D eigenvalue weighted by molar-refractivity contribution is 0.601. The van der Waals surface area contributed by atoms with Gasteiger partial charge >= 0.3 is 0 Å². The molecule has 2 aromatic rings. The van der Waals surface area contributed by atoms with Crippen LogP contribution in [0.2, 0.25) is 0 Å². The second-order valence-corrected chi connectivity index (χ2v) is 5.34. The summed E-state index contributed by atoms with van der Waals surface area (Å²) in [5.74, 6) is 0.0172. The van der Waals surface area contributed by atoms with Gasteiger partial charge < -0.3 is 0 Å². The number of sulfonamides is 1. The van der Waals surface area contributed by atoms with E-state index >= 15 is 0 Å². The lowest BCUT2D eigenvalue weighted by Crippen LogP contribution is -2.14. The molecule has 96 valence electrons. The number of rotatable bonds is 4. The van der Waals surface area contributed by atoms with Crippen LogP contribution in [0.4, 0.5) is 5.95 Å². The number of anilines is 1. The van der Waals surface area contributed by atoms with Crippen LogP contribution in [0, 0.1) is 11.3 Å². The molecular formula is C12H10N4O2S. The molecule has 0 spiro atoms. The highest BCUT2D eigenvalue weighted by atomic mass is 32.2. The summed E-state index contributed by atoms with van der Waals surface area (Å²) in [4.78, 5) is 7.68. The molecule has 0 unspecified atom stereocenters. The highest BCUT2D eigenvalue weighted by molar-refractivity contribution is 7.92. The minimum absolute atomic E-state index is 0.0172. The molecule has 0 amide bonds. The first-order valence-electron chi connectivity index (χ1n) is 5.37. The largest absolute Gasteiger partial charge is 0.264 e. The molecule has 1 aromatic heterocycles. The Bertz CT molecular complexity index is 691. The third kappa shape index (κ3) is 3.26. The van der Waals surface area contributed by atoms with Gasteiger partial charge in [-0.1, -0.05) is 12.1 Å². The van der Waals surface area contributed by atoms with Gasteiger partial charge in [0.25, 0.3) is 10.0 Å². The van der Waals surface area contributed by atoms with Crippen molar-refractivity contribution >= 4 is 16.0 Å². The molecule has 0 aliphatic heterocycles. The topological polar surface area (TPSA) is 95.7 Å². The Hall–Kier alpha value is -2.46. The quantitative estimate of drug-likeness (QED) is 0.907. The van der Waals surface area contributed by atoms with Crippen LogP contribution >= 0.6 is 0 Å². The fourth-order valence-corrected chi connectivity index (χ4v) is 2.37. The number of nitrogens with one attached hydrogen (secondary N) is 1. The summed E-state index contributed by atoms with van der Waals surface area (Å²) in [6, 6.07) is 9.68. The minimum Gasteiger partial charge on any atom is -0.247 e. The van der Waals surface area contributed by atoms with E-state index in [9.17, 15) is 8.42 Å². The molecule has 1 N–H and O–H groups in total. The first kappa shape index (κ1) is 13.0. The average Bonchev–Trinajstić information content (AvgIpc) is 2.40. The van der Waals surface area contributed by atoms with Crippen LogP contribution in [0.25, 0.3) is 0 Å². The highest BCUT2D eigenvalue weighted by Gasteiger charge is 2.14. The molecule has 1 heterocycles. The lowest BCUT2D eigenvalue weighted by atomic mass is 10.2. The maximum atomic E-state index is 12.0. The number of nitrogens with zero attached hydrogens (tertiary/aromatic N) is 3. The molecule has 2 rings (SSSR count). The first-order chi connectivity index (χ1) is 9.12. The molecular weight excluding hydrogens is 264 g/mol. The predicted molar refractivity (Wildman–Crippen MR) is 68.6 cm³/mol. The second kappa shape index (κ2) is 5.46. The van der Waals surface area contributed by atoms with Gasteiger partial charge in [-0.15, -0.1) is 0 Å². The van der Waals surface area contributed by atoms with Crippen molar-refractivity contribution in [1.82, 2.24) is 9.97 Å². The maximum absolute atomic E-state index is 12.0. The zero-order valence-electron chi connectivity index (χ0n) is 9.81. The van der Waals surface area contributed by atoms with Crippen molar-refractivity contribution < 1.29 is 8.42 Å². The summed E-state index contributed by atoms with van der Waals surface area (Å²) >= 11 is 0. The fraction of sp³-hybridized carbons (Fsp3) is 0.0833. The minimum atomic E-state index is -3.70. The van der Waals surface area contributed by atoms with Gasteiger partial charge in [-0.05, 0) is 23.8 Å². The van der Waals surface area contributed by atoms with E-state index in [2.05, 4.69) is 14.7 Å². The van der Waals surface area contributed by atoms with Crippen molar-refractivity contribution in [2.75, 3.05) is 4.72 Å². The van der Waals surface area contributed by atoms with E-state index in [0.29, 0.717) is 0 Å². The van der Waals surface area contributed by atoms with Crippen LogP contribution in [-0.4, -0.2) is 18.4 Å². The Kier molecular flexibility index (Phi) is 3.73. The lowest BCUT2D eigenvalue weighted by Gasteiger charge is -2.06. The van der Waals surface area contributed by atoms with Crippen LogP contribution in [0.1, 0.15) is 5.56 Å². The van der Waals surface area contributed by atoms with E-state index in [-0.39, 0.29) is 17.3 Å². The summed E-state index contributed by atoms with van der Waals surface area (Å²) in [6.45, 7) is 0. The summed E-state index contributed by atoms with van der Waals surface area (Å²) in [6.07, 6.45) is 3.14. The molecule has 7 heteroatoms. The zero-order valence-corrected chi connectivity index (χ0v) is 10.6. The fourth-order valence-electron chi connectivity index (χ4n) is 1.41. The third-order valence-corrected chi connectivity index (χ3v) is 3.65. The van der Waals surface area contributed by atoms with Gasteiger partial charge in [0.15, 0.2) is 0 Å². The summed E-state index contributed by atoms with van der Waals surface area (Å²) in [5.41, 5.74) is 0.761. The molecule has 0 fully saturated rings. The molecule has 0 saturated heterocycles. The van der Waals surface area contributed by atoms with Gasteiger partial charge in [0, 0.05) is 12.4 Å². The molecule has 0 aliphatic carbocycles. The van der Waals surface area contributed by atoms with Crippen molar-refractivity contribution in [2.24, 2.45) is 0 Å². The van der Waals surface area contributed by atoms with Crippen molar-refractivity contribution in [1.29, 1.82) is 5.26 Å². The van der Waals surface area contributed by atoms with E-state index in [1.54, 1.807) is 18.2 Å². The molecule has 6 nitrogen and oxygen atoms in total. The average molecular weight is 274 g/mol. The Morgan fingerprint density at radius 3 is 2.37 bits per heavy atom. The molecule has 0 atom stereocenters. The van der Waals surface area contributed by atoms with E-state index in [4.69, 9.17) is 5.26 Å². The van der Waals surface area contributed by atoms with E-state index in [0.717, 1.165) is 5.56 Å². The Labute approximate surface area is 110 Å². The van der Waals surface area contributed by atoms with Crippen molar-refractivity contribution in [2.45, 2.75) is 11.3 Å². The van der Waals surface area contributed by atoms with Crippen LogP contribution < -0.4 is 4.72 Å². The molecule has 1 aromatic carbocycles. The van der Waals surface area contributed by atoms with E-state index in [1.807, 2.05) is 6.07 Å². The molecule has 0 aliphatic rings. The summed E-state index contributed by atoms with van der Waals surface area (Å²) < 4.78 is 26.3. The van der Waals surface area contributed by atoms with Crippen LogP contribution in [-0.2, 0) is 16.4 Å². The van der Waals surface area contributed by atoms with Gasteiger partial charge in [0.05, 0.1) is 17.4 Å². The normalized spacial score (nSPS) is 10.7. The van der Waals surface area contributed by atoms with E-state index in [1.165, 1.54) is 24.5 Å². The maximum Gasteiger partial charge on any atom is 0.264 e. The van der Waals surface area contributed by atoms with Gasteiger partial charge in [-0.25, -0.2) is 23.1 Å². The van der Waals surface area contributed by atoms with Crippen molar-refractivity contribution in [3.63, 3.8) is 0 Å². The number of nitriles is 1. The monoisotopic (exact) mass is 274 g/mol. The smallest absolute Gasteiger partial charge is 0.247 e. The van der Waals surface area contributed by atoms with Crippen molar-refractivity contribution in [3.05, 3.63) is 48.3 Å². The van der Waals surface area contributed by atoms with Crippen molar-refractivity contribution in [3.8, 4) is 6.07 Å². The second-order valence-electron chi connectivity index (χ2n) is 3.66. The van der Waals surface area contributed by atoms with Gasteiger partial charge in [-0.2, -0.15) is 5.26 Å². The summed E-state index contributed by atoms with van der Waals surface area (Å²) in [5, 5.41) is 8.55. The van der Waals surface area contributed by atoms with Gasteiger partial charge in [0.2, 0.25) is 5.95 Å². The van der Waals surface area contributed by atoms with Gasteiger partial charge in [0.1, 0.15) is 0 Å². The highest BCUT2D eigenvalue weighted by Crippen LogP contribution is 2.13. The van der Waals surface area contributed by atoms with E-state index < -0.39 is 10.0 Å². The number of aromatic nitrogens is 2. The Morgan fingerprint density at radius 1 is 1.16 bits per heavy atom. The Balaban J connectivity index is 2.23. The zero-order chi connectivity index (χ0) is 13.7. The van der Waals surface area contributed by atoms with Crippen LogP contribution in [0.3, 0.4) is 0 Å². The molecule has 0 saturated carbocycles. The van der Waals surface area contributed by atoms with Crippen LogP contribution in [0.5, 0.6) is 0 Å². The third-order valence-electron chi connectivity index (χ3n) is 2.31. The standard InChI is InChI=1S/C12H10N4O2S/c13-7-6-10-2-4-11(5-3-10)19(17,18)16-12-14-8-1-9-15-12/h1-5,8-9H,6H2,(H,14,15,16). The molecule has 0 radical (unpaired) electrons. The molecule has 0 bridgehead atoms. The number of hydrogen-bond acceptors (Lipinski definition) is 5. The number of benzene rings is 1. The predicted octanol–water partition coefficient (Wildman–Crippen LogP) is 1.34. The molecule has 19 heavy (non-hydrogen) atoms. The Morgan fingerprint density at radius 2 is 1.79 bits per heavy atom.